The van der Waals surface area contributed by atoms with Crippen LogP contribution in [0, 0.1) is 0 Å². The summed E-state index contributed by atoms with van der Waals surface area (Å²) in [5.74, 6) is 0.397. The number of benzene rings is 1. The maximum atomic E-state index is 11.8. The monoisotopic (exact) mass is 245 g/mol. The number of nitrogens with zero attached hydrogens (tertiary/aromatic N) is 1. The Hall–Kier alpha value is -1.84. The van der Waals surface area contributed by atoms with Crippen molar-refractivity contribution < 1.29 is 4.79 Å². The van der Waals surface area contributed by atoms with Crippen LogP contribution in [0.3, 0.4) is 0 Å². The van der Waals surface area contributed by atoms with Crippen LogP contribution in [0.15, 0.2) is 35.3 Å². The molecule has 2 N–H and O–H groups in total. The molecule has 0 aliphatic carbocycles. The fourth-order valence-corrected chi connectivity index (χ4v) is 1.89. The van der Waals surface area contributed by atoms with Crippen molar-refractivity contribution in [3.63, 3.8) is 0 Å². The Morgan fingerprint density at radius 1 is 1.28 bits per heavy atom. The van der Waals surface area contributed by atoms with Crippen molar-refractivity contribution >= 4 is 11.7 Å². The van der Waals surface area contributed by atoms with Gasteiger partial charge in [0.2, 0.25) is 0 Å². The molecule has 96 valence electrons. The zero-order valence-corrected chi connectivity index (χ0v) is 10.5. The number of rotatable bonds is 4. The number of carbonyl (C=O) groups excluding carboxylic acids is 1. The van der Waals surface area contributed by atoms with Crippen molar-refractivity contribution in [3.05, 3.63) is 35.9 Å². The number of aliphatic imine (C=N–C) groups is 1. The van der Waals surface area contributed by atoms with E-state index in [0.29, 0.717) is 12.4 Å². The first-order chi connectivity index (χ1) is 8.86. The highest BCUT2D eigenvalue weighted by Gasteiger charge is 2.11. The molecule has 0 unspecified atom stereocenters. The fourth-order valence-electron chi connectivity index (χ4n) is 1.89. The highest BCUT2D eigenvalue weighted by molar-refractivity contribution is 6.37. The van der Waals surface area contributed by atoms with Crippen LogP contribution in [0.25, 0.3) is 0 Å². The molecule has 2 rings (SSSR count). The summed E-state index contributed by atoms with van der Waals surface area (Å²) >= 11 is 0. The molecule has 0 saturated carbocycles. The summed E-state index contributed by atoms with van der Waals surface area (Å²) in [4.78, 5) is 16.1. The first-order valence-electron chi connectivity index (χ1n) is 6.47. The highest BCUT2D eigenvalue weighted by atomic mass is 16.2. The zero-order chi connectivity index (χ0) is 12.6. The molecule has 18 heavy (non-hydrogen) atoms. The molecule has 1 amide bonds. The summed E-state index contributed by atoms with van der Waals surface area (Å²) in [5.41, 5.74) is 1.23. The van der Waals surface area contributed by atoms with E-state index in [1.54, 1.807) is 0 Å². The Morgan fingerprint density at radius 3 is 2.94 bits per heavy atom. The van der Waals surface area contributed by atoms with Gasteiger partial charge in [-0.25, -0.2) is 0 Å². The van der Waals surface area contributed by atoms with Gasteiger partial charge in [0.05, 0.1) is 0 Å². The first-order valence-corrected chi connectivity index (χ1v) is 6.47. The van der Waals surface area contributed by atoms with Gasteiger partial charge >= 0.3 is 0 Å². The van der Waals surface area contributed by atoms with Gasteiger partial charge in [-0.2, -0.15) is 0 Å². The molecular weight excluding hydrogens is 226 g/mol. The number of amidine groups is 1. The number of hydrogen-bond donors (Lipinski definition) is 2. The van der Waals surface area contributed by atoms with E-state index < -0.39 is 0 Å². The van der Waals surface area contributed by atoms with Gasteiger partial charge in [0.15, 0.2) is 5.84 Å². The Kier molecular flexibility index (Phi) is 4.76. The van der Waals surface area contributed by atoms with Crippen LogP contribution in [0.1, 0.15) is 18.4 Å². The van der Waals surface area contributed by atoms with Crippen LogP contribution in [0.2, 0.25) is 0 Å². The lowest BCUT2D eigenvalue weighted by Crippen LogP contribution is -2.40. The summed E-state index contributed by atoms with van der Waals surface area (Å²) in [6.07, 6.45) is 2.97. The molecule has 1 aromatic carbocycles. The molecule has 0 saturated heterocycles. The highest BCUT2D eigenvalue weighted by Crippen LogP contribution is 1.98. The van der Waals surface area contributed by atoms with E-state index in [-0.39, 0.29) is 5.91 Å². The van der Waals surface area contributed by atoms with Crippen LogP contribution in [-0.4, -0.2) is 31.4 Å². The lowest BCUT2D eigenvalue weighted by atomic mass is 10.1. The van der Waals surface area contributed by atoms with Crippen LogP contribution in [0.4, 0.5) is 0 Å². The molecule has 0 radical (unpaired) electrons. The van der Waals surface area contributed by atoms with E-state index in [1.807, 2.05) is 18.2 Å². The van der Waals surface area contributed by atoms with Crippen LogP contribution in [-0.2, 0) is 11.2 Å². The summed E-state index contributed by atoms with van der Waals surface area (Å²) in [5, 5.41) is 5.96. The molecule has 0 bridgehead atoms. The smallest absolute Gasteiger partial charge is 0.286 e. The minimum Gasteiger partial charge on any atom is -0.366 e. The van der Waals surface area contributed by atoms with E-state index in [4.69, 9.17) is 0 Å². The third-order valence-corrected chi connectivity index (χ3v) is 2.90. The predicted octanol–water partition coefficient (Wildman–Crippen LogP) is 1.13. The normalized spacial score (nSPS) is 15.2. The Balaban J connectivity index is 1.76. The van der Waals surface area contributed by atoms with Gasteiger partial charge in [-0.15, -0.1) is 0 Å². The fraction of sp³-hybridized carbons (Fsp3) is 0.429. The molecule has 0 aromatic heterocycles. The van der Waals surface area contributed by atoms with E-state index in [9.17, 15) is 4.79 Å². The van der Waals surface area contributed by atoms with Gasteiger partial charge in [-0.3, -0.25) is 9.79 Å². The topological polar surface area (TPSA) is 53.5 Å². The second-order valence-electron chi connectivity index (χ2n) is 4.36. The van der Waals surface area contributed by atoms with Gasteiger partial charge in [0.1, 0.15) is 0 Å². The summed E-state index contributed by atoms with van der Waals surface area (Å²) in [6.45, 7) is 2.23. The summed E-state index contributed by atoms with van der Waals surface area (Å²) in [6, 6.07) is 10.1. The van der Waals surface area contributed by atoms with E-state index in [0.717, 1.165) is 32.4 Å². The van der Waals surface area contributed by atoms with Gasteiger partial charge in [0, 0.05) is 19.6 Å². The summed E-state index contributed by atoms with van der Waals surface area (Å²) in [7, 11) is 0. The molecule has 1 aliphatic rings. The third-order valence-electron chi connectivity index (χ3n) is 2.90. The number of amides is 1. The minimum absolute atomic E-state index is 0.0900. The lowest BCUT2D eigenvalue weighted by molar-refractivity contribution is -0.115. The van der Waals surface area contributed by atoms with Crippen LogP contribution >= 0.6 is 0 Å². The molecule has 1 aliphatic heterocycles. The molecule has 1 heterocycles. The van der Waals surface area contributed by atoms with Crippen molar-refractivity contribution in [2.45, 2.75) is 19.3 Å². The average molecular weight is 245 g/mol. The second-order valence-corrected chi connectivity index (χ2v) is 4.36. The Bertz CT molecular complexity index is 414. The zero-order valence-electron chi connectivity index (χ0n) is 10.5. The quantitative estimate of drug-likeness (QED) is 0.835. The lowest BCUT2D eigenvalue weighted by Gasteiger charge is -2.08. The van der Waals surface area contributed by atoms with E-state index >= 15 is 0 Å². The first kappa shape index (κ1) is 12.6. The summed E-state index contributed by atoms with van der Waals surface area (Å²) < 4.78 is 0. The van der Waals surface area contributed by atoms with E-state index in [1.165, 1.54) is 5.56 Å². The molecule has 4 heteroatoms. The standard InChI is InChI=1S/C14H19N3O/c18-14(13-15-9-4-5-10-16-13)17-11-8-12-6-2-1-3-7-12/h1-3,6-7H,4-5,8-11H2,(H,15,16)(H,17,18). The van der Waals surface area contributed by atoms with Crippen molar-refractivity contribution in [2.24, 2.45) is 4.99 Å². The van der Waals surface area contributed by atoms with Crippen LogP contribution in [0.5, 0.6) is 0 Å². The van der Waals surface area contributed by atoms with Gasteiger partial charge in [-0.05, 0) is 24.8 Å². The Morgan fingerprint density at radius 2 is 2.11 bits per heavy atom. The van der Waals surface area contributed by atoms with Gasteiger partial charge in [-0.1, -0.05) is 30.3 Å². The number of nitrogens with one attached hydrogen (secondary N) is 2. The van der Waals surface area contributed by atoms with Crippen molar-refractivity contribution in [1.29, 1.82) is 0 Å². The van der Waals surface area contributed by atoms with E-state index in [2.05, 4.69) is 27.8 Å². The molecule has 1 aromatic rings. The molecule has 4 nitrogen and oxygen atoms in total. The third kappa shape index (κ3) is 3.87. The maximum absolute atomic E-state index is 11.8. The molecule has 0 spiro atoms. The van der Waals surface area contributed by atoms with Crippen molar-refractivity contribution in [1.82, 2.24) is 10.6 Å². The molecule has 0 fully saturated rings. The Labute approximate surface area is 108 Å². The maximum Gasteiger partial charge on any atom is 0.286 e. The number of hydrogen-bond acceptors (Lipinski definition) is 3. The van der Waals surface area contributed by atoms with Gasteiger partial charge < -0.3 is 10.6 Å². The minimum atomic E-state index is -0.0900. The SMILES string of the molecule is O=C(NCCc1ccccc1)C1=NCCCCN1. The number of carbonyl (C=O) groups is 1. The van der Waals surface area contributed by atoms with Crippen LogP contribution < -0.4 is 10.6 Å². The van der Waals surface area contributed by atoms with Crippen molar-refractivity contribution in [2.75, 3.05) is 19.6 Å². The largest absolute Gasteiger partial charge is 0.366 e. The van der Waals surface area contributed by atoms with Gasteiger partial charge in [0.25, 0.3) is 5.91 Å². The molecule has 0 atom stereocenters. The van der Waals surface area contributed by atoms with Crippen molar-refractivity contribution in [3.8, 4) is 0 Å². The predicted molar refractivity (Wildman–Crippen MR) is 72.7 cm³/mol. The average Bonchev–Trinajstić information content (AvgIpc) is 2.69. The second kappa shape index (κ2) is 6.79. The molecular formula is C14H19N3O.